The number of ether oxygens (including phenoxy) is 1. The summed E-state index contributed by atoms with van der Waals surface area (Å²) in [6, 6.07) is 4.67. The fourth-order valence-electron chi connectivity index (χ4n) is 1.28. The van der Waals surface area contributed by atoms with Crippen LogP contribution in [0.25, 0.3) is 0 Å². The molecule has 0 aliphatic rings. The minimum absolute atomic E-state index is 0.0834. The third-order valence-electron chi connectivity index (χ3n) is 2.08. The molecule has 0 amide bonds. The molecule has 102 valence electrons. The fraction of sp³-hybridized carbons (Fsp3) is 0. The molecule has 0 bridgehead atoms. The van der Waals surface area contributed by atoms with Crippen LogP contribution in [-0.4, -0.2) is 9.97 Å². The van der Waals surface area contributed by atoms with Crippen molar-refractivity contribution in [2.75, 3.05) is 0 Å². The van der Waals surface area contributed by atoms with Crippen molar-refractivity contribution in [1.29, 1.82) is 5.26 Å². The summed E-state index contributed by atoms with van der Waals surface area (Å²) < 4.78 is 5.41. The zero-order valence-electron chi connectivity index (χ0n) is 9.29. The summed E-state index contributed by atoms with van der Waals surface area (Å²) in [5.74, 6) is -0.0660. The van der Waals surface area contributed by atoms with Crippen LogP contribution in [0.3, 0.4) is 0 Å². The number of hydrogen-bond acceptors (Lipinski definition) is 4. The van der Waals surface area contributed by atoms with Gasteiger partial charge in [-0.25, -0.2) is 4.98 Å². The lowest BCUT2D eigenvalue weighted by Gasteiger charge is -2.10. The van der Waals surface area contributed by atoms with Gasteiger partial charge in [0.1, 0.15) is 6.07 Å². The van der Waals surface area contributed by atoms with Gasteiger partial charge in [0, 0.05) is 5.02 Å². The van der Waals surface area contributed by atoms with Gasteiger partial charge in [0.2, 0.25) is 11.2 Å². The highest BCUT2D eigenvalue weighted by molar-refractivity contribution is 6.40. The van der Waals surface area contributed by atoms with E-state index in [1.54, 1.807) is 0 Å². The molecule has 0 spiro atoms. The Bertz CT molecular complexity index is 706. The summed E-state index contributed by atoms with van der Waals surface area (Å²) in [5, 5.41) is 9.36. The van der Waals surface area contributed by atoms with E-state index in [9.17, 15) is 0 Å². The Hall–Kier alpha value is -0.960. The van der Waals surface area contributed by atoms with Gasteiger partial charge in [-0.1, -0.05) is 46.4 Å². The van der Waals surface area contributed by atoms with Crippen LogP contribution in [0.4, 0.5) is 0 Å². The van der Waals surface area contributed by atoms with Crippen molar-refractivity contribution in [1.82, 2.24) is 9.97 Å². The number of aromatic nitrogens is 2. The van der Waals surface area contributed by atoms with E-state index < -0.39 is 0 Å². The van der Waals surface area contributed by atoms with Gasteiger partial charge in [0.05, 0.1) is 10.0 Å². The summed E-state index contributed by atoms with van der Waals surface area (Å²) in [4.78, 5) is 7.42. The molecule has 2 aromatic rings. The average molecular weight is 369 g/mol. The number of nitriles is 1. The second-order valence-corrected chi connectivity index (χ2v) is 5.32. The second-order valence-electron chi connectivity index (χ2n) is 3.38. The zero-order valence-corrected chi connectivity index (χ0v) is 13.1. The topological polar surface area (TPSA) is 58.8 Å². The molecule has 0 unspecified atom stereocenters. The summed E-state index contributed by atoms with van der Waals surface area (Å²) >= 11 is 29.2. The summed E-state index contributed by atoms with van der Waals surface area (Å²) in [7, 11) is 0. The quantitative estimate of drug-likeness (QED) is 0.525. The predicted octanol–water partition coefficient (Wildman–Crippen LogP) is 5.41. The average Bonchev–Trinajstić information content (AvgIpc) is 2.33. The molecule has 9 heteroatoms. The normalized spacial score (nSPS) is 10.2. The number of rotatable bonds is 2. The number of nitrogens with zero attached hydrogens (tertiary/aromatic N) is 3. The minimum Gasteiger partial charge on any atom is -0.434 e. The monoisotopic (exact) mass is 367 g/mol. The van der Waals surface area contributed by atoms with Crippen LogP contribution in [0, 0.1) is 11.3 Å². The molecule has 0 N–H and O–H groups in total. The largest absolute Gasteiger partial charge is 0.434 e. The molecule has 2 rings (SSSR count). The Morgan fingerprint density at radius 1 is 1.00 bits per heavy atom. The summed E-state index contributed by atoms with van der Waals surface area (Å²) in [6.45, 7) is 0. The molecule has 1 aromatic heterocycles. The highest BCUT2D eigenvalue weighted by Gasteiger charge is 2.18. The smallest absolute Gasteiger partial charge is 0.243 e. The molecular weight excluding hydrogens is 367 g/mol. The highest BCUT2D eigenvalue weighted by Crippen LogP contribution is 2.39. The third-order valence-corrected chi connectivity index (χ3v) is 3.30. The first-order valence-corrected chi connectivity index (χ1v) is 6.77. The van der Waals surface area contributed by atoms with Gasteiger partial charge in [-0.3, -0.25) is 0 Å². The van der Waals surface area contributed by atoms with Crippen LogP contribution in [-0.2, 0) is 0 Å². The Morgan fingerprint density at radius 2 is 1.60 bits per heavy atom. The van der Waals surface area contributed by atoms with Crippen LogP contribution in [0.5, 0.6) is 11.6 Å². The van der Waals surface area contributed by atoms with Gasteiger partial charge in [-0.15, -0.1) is 0 Å². The van der Waals surface area contributed by atoms with Crippen molar-refractivity contribution >= 4 is 58.0 Å². The van der Waals surface area contributed by atoms with Crippen molar-refractivity contribution < 1.29 is 4.74 Å². The molecule has 0 saturated heterocycles. The second kappa shape index (κ2) is 6.21. The van der Waals surface area contributed by atoms with Crippen molar-refractivity contribution in [3.8, 4) is 17.7 Å². The molecule has 1 heterocycles. The SMILES string of the molecule is N#Cc1c(Cl)nc(Cl)nc1Oc1c(Cl)cc(Cl)cc1Cl. The maximum absolute atomic E-state index is 9.03. The van der Waals surface area contributed by atoms with Crippen LogP contribution in [0.15, 0.2) is 12.1 Å². The first kappa shape index (κ1) is 15.4. The lowest BCUT2D eigenvalue weighted by atomic mass is 10.3. The Morgan fingerprint density at radius 3 is 2.15 bits per heavy atom. The molecular formula is C11H2Cl5N3O. The van der Waals surface area contributed by atoms with Gasteiger partial charge in [-0.2, -0.15) is 10.2 Å². The maximum Gasteiger partial charge on any atom is 0.243 e. The van der Waals surface area contributed by atoms with E-state index in [1.165, 1.54) is 12.1 Å². The van der Waals surface area contributed by atoms with E-state index in [4.69, 9.17) is 68.0 Å². The molecule has 20 heavy (non-hydrogen) atoms. The molecule has 0 radical (unpaired) electrons. The predicted molar refractivity (Wildman–Crippen MR) is 78.3 cm³/mol. The molecule has 4 nitrogen and oxygen atoms in total. The van der Waals surface area contributed by atoms with E-state index in [0.717, 1.165) is 0 Å². The van der Waals surface area contributed by atoms with Crippen molar-refractivity contribution in [3.05, 3.63) is 43.2 Å². The Kier molecular flexibility index (Phi) is 4.79. The van der Waals surface area contributed by atoms with E-state index in [1.807, 2.05) is 6.07 Å². The molecule has 1 aromatic carbocycles. The summed E-state index contributed by atoms with van der Waals surface area (Å²) in [5.41, 5.74) is -0.0850. The Balaban J connectivity index is 2.54. The lowest BCUT2D eigenvalue weighted by molar-refractivity contribution is 0.460. The van der Waals surface area contributed by atoms with Crippen LogP contribution in [0.1, 0.15) is 5.56 Å². The van der Waals surface area contributed by atoms with Gasteiger partial charge in [0.25, 0.3) is 0 Å². The van der Waals surface area contributed by atoms with Gasteiger partial charge >= 0.3 is 0 Å². The number of benzene rings is 1. The van der Waals surface area contributed by atoms with Crippen molar-refractivity contribution in [3.63, 3.8) is 0 Å². The third kappa shape index (κ3) is 3.20. The molecule has 0 atom stereocenters. The zero-order chi connectivity index (χ0) is 14.9. The fourth-order valence-corrected chi connectivity index (χ4v) is 2.58. The van der Waals surface area contributed by atoms with Crippen LogP contribution in [0.2, 0.25) is 25.5 Å². The van der Waals surface area contributed by atoms with Gasteiger partial charge < -0.3 is 4.74 Å². The lowest BCUT2D eigenvalue weighted by Crippen LogP contribution is -1.97. The first-order chi connectivity index (χ1) is 9.42. The van der Waals surface area contributed by atoms with E-state index in [0.29, 0.717) is 5.02 Å². The highest BCUT2D eigenvalue weighted by atomic mass is 35.5. The van der Waals surface area contributed by atoms with E-state index in [-0.39, 0.29) is 37.7 Å². The van der Waals surface area contributed by atoms with E-state index in [2.05, 4.69) is 9.97 Å². The van der Waals surface area contributed by atoms with Crippen molar-refractivity contribution in [2.45, 2.75) is 0 Å². The van der Waals surface area contributed by atoms with Crippen molar-refractivity contribution in [2.24, 2.45) is 0 Å². The van der Waals surface area contributed by atoms with Crippen LogP contribution >= 0.6 is 58.0 Å². The van der Waals surface area contributed by atoms with Gasteiger partial charge in [-0.05, 0) is 23.7 Å². The molecule has 0 aliphatic carbocycles. The number of halogens is 5. The summed E-state index contributed by atoms with van der Waals surface area (Å²) in [6.07, 6.45) is 0. The minimum atomic E-state index is -0.176. The van der Waals surface area contributed by atoms with E-state index >= 15 is 0 Å². The maximum atomic E-state index is 9.03. The number of hydrogen-bond donors (Lipinski definition) is 0. The first-order valence-electron chi connectivity index (χ1n) is 4.88. The molecule has 0 saturated carbocycles. The van der Waals surface area contributed by atoms with Gasteiger partial charge in [0.15, 0.2) is 16.5 Å². The molecule has 0 aliphatic heterocycles. The molecule has 0 fully saturated rings. The Labute approximate surface area is 138 Å². The standard InChI is InChI=1S/C11H2Cl5N3O/c12-4-1-6(13)8(7(14)2-4)20-10-5(3-17)9(15)18-11(16)19-10/h1-2H. The van der Waals surface area contributed by atoms with Crippen LogP contribution < -0.4 is 4.74 Å².